The molecule has 1 aliphatic carbocycles. The zero-order chi connectivity index (χ0) is 15.0. The highest BCUT2D eigenvalue weighted by molar-refractivity contribution is 6.25. The summed E-state index contributed by atoms with van der Waals surface area (Å²) >= 11 is 0. The number of hydrogen-bond acceptors (Lipinski definition) is 6. The maximum atomic E-state index is 12.0. The number of pyridine rings is 1. The number of ketones is 2. The lowest BCUT2D eigenvalue weighted by atomic mass is 9.96. The maximum absolute atomic E-state index is 12.0. The number of methoxy groups -OCH3 is 1. The van der Waals surface area contributed by atoms with E-state index in [2.05, 4.69) is 4.98 Å². The van der Waals surface area contributed by atoms with Crippen LogP contribution in [0.15, 0.2) is 41.1 Å². The Bertz CT molecular complexity index is 786. The highest BCUT2D eigenvalue weighted by Gasteiger charge is 2.34. The van der Waals surface area contributed by atoms with Gasteiger partial charge in [0.2, 0.25) is 5.78 Å². The minimum atomic E-state index is -0.740. The molecule has 0 aliphatic heterocycles. The van der Waals surface area contributed by atoms with Gasteiger partial charge in [-0.1, -0.05) is 0 Å². The van der Waals surface area contributed by atoms with Crippen molar-refractivity contribution in [3.05, 3.63) is 53.6 Å². The van der Waals surface area contributed by atoms with E-state index in [1.165, 1.54) is 13.3 Å². The number of esters is 1. The van der Waals surface area contributed by atoms with Gasteiger partial charge in [0, 0.05) is 18.0 Å². The summed E-state index contributed by atoms with van der Waals surface area (Å²) in [5.74, 6) is -1.73. The second-order valence-corrected chi connectivity index (χ2v) is 4.31. The Morgan fingerprint density at radius 3 is 2.62 bits per heavy atom. The fourth-order valence-electron chi connectivity index (χ4n) is 2.15. The second kappa shape index (κ2) is 4.82. The average molecular weight is 283 g/mol. The van der Waals surface area contributed by atoms with Gasteiger partial charge < -0.3 is 9.15 Å². The van der Waals surface area contributed by atoms with E-state index in [-0.39, 0.29) is 22.6 Å². The molecule has 6 heteroatoms. The first kappa shape index (κ1) is 13.0. The first-order chi connectivity index (χ1) is 10.1. The Morgan fingerprint density at radius 1 is 1.19 bits per heavy atom. The van der Waals surface area contributed by atoms with Crippen LogP contribution in [-0.4, -0.2) is 29.6 Å². The molecule has 0 bridgehead atoms. The second-order valence-electron chi connectivity index (χ2n) is 4.31. The van der Waals surface area contributed by atoms with Crippen molar-refractivity contribution in [2.45, 2.75) is 0 Å². The van der Waals surface area contributed by atoms with Crippen molar-refractivity contribution in [1.82, 2.24) is 4.98 Å². The van der Waals surface area contributed by atoms with Crippen molar-refractivity contribution in [2.75, 3.05) is 7.11 Å². The topological polar surface area (TPSA) is 86.5 Å². The number of nitrogens with zero attached hydrogens (tertiary/aromatic N) is 1. The minimum absolute atomic E-state index is 0.0526. The smallest absolute Gasteiger partial charge is 0.342 e. The fourth-order valence-corrected chi connectivity index (χ4v) is 2.15. The van der Waals surface area contributed by atoms with E-state index in [0.29, 0.717) is 5.56 Å². The molecule has 2 heterocycles. The molecule has 0 atom stereocenters. The standard InChI is InChI=1S/C15H9NO5/c1-20-15(19)12-11-9(17)4-5-10(18)14(11)21-13(12)8-3-2-6-16-7-8/h2-7H,1H3. The fraction of sp³-hybridized carbons (Fsp3) is 0.0667. The molecule has 0 fully saturated rings. The van der Waals surface area contributed by atoms with Gasteiger partial charge in [0.05, 0.1) is 12.7 Å². The van der Waals surface area contributed by atoms with Gasteiger partial charge >= 0.3 is 5.97 Å². The van der Waals surface area contributed by atoms with E-state index in [1.54, 1.807) is 18.3 Å². The van der Waals surface area contributed by atoms with Crippen molar-refractivity contribution in [3.8, 4) is 11.3 Å². The van der Waals surface area contributed by atoms with E-state index >= 15 is 0 Å². The Balaban J connectivity index is 2.32. The van der Waals surface area contributed by atoms with Crippen molar-refractivity contribution in [1.29, 1.82) is 0 Å². The Morgan fingerprint density at radius 2 is 1.95 bits per heavy atom. The molecule has 0 N–H and O–H groups in total. The number of rotatable bonds is 2. The van der Waals surface area contributed by atoms with Crippen molar-refractivity contribution in [3.63, 3.8) is 0 Å². The number of ether oxygens (including phenoxy) is 1. The van der Waals surface area contributed by atoms with E-state index in [4.69, 9.17) is 9.15 Å². The van der Waals surface area contributed by atoms with Crippen LogP contribution in [0.3, 0.4) is 0 Å². The van der Waals surface area contributed by atoms with Gasteiger partial charge in [-0.15, -0.1) is 0 Å². The third-order valence-corrected chi connectivity index (χ3v) is 3.08. The number of carbonyl (C=O) groups is 3. The molecule has 0 saturated heterocycles. The lowest BCUT2D eigenvalue weighted by Crippen LogP contribution is -2.14. The molecule has 0 spiro atoms. The molecule has 2 aromatic heterocycles. The summed E-state index contributed by atoms with van der Waals surface area (Å²) < 4.78 is 10.2. The van der Waals surface area contributed by atoms with Gasteiger partial charge in [-0.3, -0.25) is 14.6 Å². The maximum Gasteiger partial charge on any atom is 0.342 e. The molecule has 0 unspecified atom stereocenters. The van der Waals surface area contributed by atoms with Crippen LogP contribution in [0.4, 0.5) is 0 Å². The van der Waals surface area contributed by atoms with Crippen LogP contribution < -0.4 is 0 Å². The van der Waals surface area contributed by atoms with Crippen LogP contribution in [0.2, 0.25) is 0 Å². The zero-order valence-electron chi connectivity index (χ0n) is 11.0. The minimum Gasteiger partial charge on any atom is -0.465 e. The van der Waals surface area contributed by atoms with Gasteiger partial charge in [-0.25, -0.2) is 4.79 Å². The van der Waals surface area contributed by atoms with Crippen LogP contribution in [0.1, 0.15) is 31.3 Å². The molecule has 0 radical (unpaired) electrons. The average Bonchev–Trinajstić information content (AvgIpc) is 2.93. The summed E-state index contributed by atoms with van der Waals surface area (Å²) in [7, 11) is 1.19. The summed E-state index contributed by atoms with van der Waals surface area (Å²) in [6.45, 7) is 0. The molecule has 104 valence electrons. The van der Waals surface area contributed by atoms with Gasteiger partial charge in [-0.05, 0) is 24.3 Å². The molecule has 21 heavy (non-hydrogen) atoms. The van der Waals surface area contributed by atoms with Crippen LogP contribution >= 0.6 is 0 Å². The summed E-state index contributed by atoms with van der Waals surface area (Å²) in [4.78, 5) is 39.8. The van der Waals surface area contributed by atoms with Crippen molar-refractivity contribution in [2.24, 2.45) is 0 Å². The summed E-state index contributed by atoms with van der Waals surface area (Å²) in [6.07, 6.45) is 5.25. The quantitative estimate of drug-likeness (QED) is 0.784. The van der Waals surface area contributed by atoms with Crippen LogP contribution in [0.5, 0.6) is 0 Å². The SMILES string of the molecule is COC(=O)c1c(-c2cccnc2)oc2c1C(=O)C=CC2=O. The lowest BCUT2D eigenvalue weighted by molar-refractivity contribution is 0.0598. The van der Waals surface area contributed by atoms with Gasteiger partial charge in [0.25, 0.3) is 0 Å². The largest absolute Gasteiger partial charge is 0.465 e. The number of aromatic nitrogens is 1. The van der Waals surface area contributed by atoms with E-state index in [9.17, 15) is 14.4 Å². The van der Waals surface area contributed by atoms with E-state index in [1.807, 2.05) is 0 Å². The first-order valence-corrected chi connectivity index (χ1v) is 6.05. The summed E-state index contributed by atoms with van der Waals surface area (Å²) in [6, 6.07) is 3.31. The first-order valence-electron chi connectivity index (χ1n) is 6.05. The molecule has 3 rings (SSSR count). The number of fused-ring (bicyclic) bond motifs is 1. The van der Waals surface area contributed by atoms with E-state index < -0.39 is 17.5 Å². The Kier molecular flexibility index (Phi) is 2.98. The molecular formula is C15H9NO5. The number of carbonyl (C=O) groups excluding carboxylic acids is 3. The molecule has 6 nitrogen and oxygen atoms in total. The highest BCUT2D eigenvalue weighted by atomic mass is 16.5. The molecule has 1 aliphatic rings. The molecule has 0 saturated carbocycles. The highest BCUT2D eigenvalue weighted by Crippen LogP contribution is 2.34. The van der Waals surface area contributed by atoms with Crippen molar-refractivity contribution < 1.29 is 23.5 Å². The van der Waals surface area contributed by atoms with Crippen LogP contribution in [0, 0.1) is 0 Å². The monoisotopic (exact) mass is 283 g/mol. The molecule has 2 aromatic rings. The number of hydrogen-bond donors (Lipinski definition) is 0. The van der Waals surface area contributed by atoms with Gasteiger partial charge in [0.1, 0.15) is 5.56 Å². The molecule has 0 aromatic carbocycles. The van der Waals surface area contributed by atoms with Crippen molar-refractivity contribution >= 4 is 17.5 Å². The predicted octanol–water partition coefficient (Wildman–Crippen LogP) is 2.06. The van der Waals surface area contributed by atoms with Gasteiger partial charge in [-0.2, -0.15) is 0 Å². The number of allylic oxidation sites excluding steroid dienone is 2. The molecule has 0 amide bonds. The predicted molar refractivity (Wildman–Crippen MR) is 71.1 cm³/mol. The van der Waals surface area contributed by atoms with Crippen LogP contribution in [-0.2, 0) is 4.74 Å². The Hall–Kier alpha value is -3.02. The zero-order valence-corrected chi connectivity index (χ0v) is 11.0. The van der Waals surface area contributed by atoms with Crippen LogP contribution in [0.25, 0.3) is 11.3 Å². The van der Waals surface area contributed by atoms with Gasteiger partial charge in [0.15, 0.2) is 17.3 Å². The number of furan rings is 1. The summed E-state index contributed by atoms with van der Waals surface area (Å²) in [5, 5.41) is 0. The third kappa shape index (κ3) is 1.97. The molecular weight excluding hydrogens is 274 g/mol. The lowest BCUT2D eigenvalue weighted by Gasteiger charge is -2.03. The third-order valence-electron chi connectivity index (χ3n) is 3.08. The summed E-state index contributed by atoms with van der Waals surface area (Å²) in [5.41, 5.74) is 0.365. The Labute approximate surface area is 119 Å². The van der Waals surface area contributed by atoms with E-state index in [0.717, 1.165) is 12.2 Å². The normalized spacial score (nSPS) is 13.2.